The molecule has 0 atom stereocenters. The van der Waals surface area contributed by atoms with Gasteiger partial charge in [-0.15, -0.1) is 17.2 Å². The van der Waals surface area contributed by atoms with Crippen LogP contribution in [0.25, 0.3) is 22.8 Å². The first-order valence-electron chi connectivity index (χ1n) is 11.9. The summed E-state index contributed by atoms with van der Waals surface area (Å²) in [5.41, 5.74) is 5.51. The van der Waals surface area contributed by atoms with Gasteiger partial charge in [0.1, 0.15) is 18.6 Å². The molecular formula is C28H22F5N7OU. The third-order valence-electron chi connectivity index (χ3n) is 5.55. The summed E-state index contributed by atoms with van der Waals surface area (Å²) >= 11 is 0. The fourth-order valence-electron chi connectivity index (χ4n) is 3.57. The van der Waals surface area contributed by atoms with E-state index in [4.69, 9.17) is 0 Å². The zero-order valence-electron chi connectivity index (χ0n) is 22.1. The summed E-state index contributed by atoms with van der Waals surface area (Å²) in [5, 5.41) is 14.6. The van der Waals surface area contributed by atoms with Crippen LogP contribution in [0.1, 0.15) is 11.1 Å². The molecule has 0 bridgehead atoms. The molecule has 8 nitrogen and oxygen atoms in total. The number of hydrogen-bond donors (Lipinski definition) is 2. The molecule has 42 heavy (non-hydrogen) atoms. The predicted molar refractivity (Wildman–Crippen MR) is 143 cm³/mol. The zero-order chi connectivity index (χ0) is 29.6. The second-order valence-electron chi connectivity index (χ2n) is 8.60. The van der Waals surface area contributed by atoms with Crippen molar-refractivity contribution >= 4 is 17.5 Å². The second-order valence-corrected chi connectivity index (χ2v) is 8.60. The van der Waals surface area contributed by atoms with Gasteiger partial charge in [-0.25, -0.2) is 32.3 Å². The van der Waals surface area contributed by atoms with E-state index in [2.05, 4.69) is 31.9 Å². The van der Waals surface area contributed by atoms with E-state index in [0.717, 1.165) is 28.1 Å². The minimum Gasteiger partial charge on any atom is -0.412 e. The SMILES string of the molecule is Cc1ccc(C)c(-n2nccc2NC(=O)Nc2ccc(-c3ncn(-c4cc[c-]cc4)n3)cc2)c1.F[C-](F)C(F)(F)F.[U+2]. The van der Waals surface area contributed by atoms with Crippen molar-refractivity contribution in [3.05, 3.63) is 109 Å². The normalized spacial score (nSPS) is 10.9. The monoisotopic (exact) mass is 805 g/mol. The molecule has 0 unspecified atom stereocenters. The fraction of sp³-hybridized carbons (Fsp3) is 0.107. The number of hydrogen-bond acceptors (Lipinski definition) is 4. The van der Waals surface area contributed by atoms with Gasteiger partial charge >= 0.3 is 43.3 Å². The molecule has 2 heterocycles. The van der Waals surface area contributed by atoms with Crippen LogP contribution in [-0.2, 0) is 0 Å². The smallest absolute Gasteiger partial charge is 0.412 e. The van der Waals surface area contributed by atoms with E-state index < -0.39 is 12.6 Å². The Morgan fingerprint density at radius 2 is 1.62 bits per heavy atom. The van der Waals surface area contributed by atoms with Crippen LogP contribution in [0.2, 0.25) is 0 Å². The van der Waals surface area contributed by atoms with Gasteiger partial charge in [0.05, 0.1) is 11.9 Å². The number of urea groups is 1. The summed E-state index contributed by atoms with van der Waals surface area (Å²) in [6.07, 6.45) is -5.59. The molecule has 0 aliphatic rings. The van der Waals surface area contributed by atoms with Gasteiger partial charge in [-0.2, -0.15) is 23.3 Å². The van der Waals surface area contributed by atoms with E-state index in [0.29, 0.717) is 17.3 Å². The number of amides is 2. The van der Waals surface area contributed by atoms with E-state index in [1.807, 2.05) is 80.6 Å². The maximum Gasteiger partial charge on any atom is 2.00 e. The molecule has 0 radical (unpaired) electrons. The first-order chi connectivity index (χ1) is 19.5. The number of nitrogens with zero attached hydrogens (tertiary/aromatic N) is 5. The Labute approximate surface area is 261 Å². The molecule has 5 rings (SSSR count). The number of alkyl halides is 3. The maximum absolute atomic E-state index is 12.6. The topological polar surface area (TPSA) is 89.7 Å². The van der Waals surface area contributed by atoms with E-state index in [1.54, 1.807) is 28.0 Å². The van der Waals surface area contributed by atoms with Crippen LogP contribution >= 0.6 is 0 Å². The number of aromatic nitrogens is 5. The minimum absolute atomic E-state index is 0. The van der Waals surface area contributed by atoms with Gasteiger partial charge in [-0.1, -0.05) is 12.1 Å². The maximum atomic E-state index is 12.6. The minimum atomic E-state index is -5.42. The standard InChI is InChI=1S/C26H22N7O.C2F5.U/c1-18-8-9-19(2)23(16-18)33-24(14-15-28-33)30-26(34)29-21-12-10-20(11-13-21)25-27-17-32(31-25)22-6-4-3-5-7-22;3-1(4)2(5,6)7;/h4-17H,1-2H3,(H2,29,30,34);;/q2*-1;+2. The number of halogens is 5. The third kappa shape index (κ3) is 8.50. The zero-order valence-corrected chi connectivity index (χ0v) is 26.3. The van der Waals surface area contributed by atoms with Crippen LogP contribution in [0.4, 0.5) is 38.3 Å². The van der Waals surface area contributed by atoms with Crippen molar-refractivity contribution in [1.29, 1.82) is 0 Å². The molecule has 5 aromatic rings. The second kappa shape index (κ2) is 14.2. The van der Waals surface area contributed by atoms with Crippen molar-refractivity contribution in [3.8, 4) is 22.8 Å². The predicted octanol–water partition coefficient (Wildman–Crippen LogP) is 7.16. The van der Waals surface area contributed by atoms with Gasteiger partial charge in [0.15, 0.2) is 5.82 Å². The Balaban J connectivity index is 0.000000541. The number of nitrogens with one attached hydrogen (secondary N) is 2. The van der Waals surface area contributed by atoms with Crippen molar-refractivity contribution in [2.24, 2.45) is 0 Å². The molecule has 0 spiro atoms. The molecule has 0 saturated heterocycles. The summed E-state index contributed by atoms with van der Waals surface area (Å²) in [5.74, 6) is 1.18. The average molecular weight is 806 g/mol. The molecular weight excluding hydrogens is 783 g/mol. The number of anilines is 2. The molecule has 2 N–H and O–H groups in total. The number of aryl methyl sites for hydroxylation is 2. The van der Waals surface area contributed by atoms with Gasteiger partial charge in [-0.05, 0) is 61.0 Å². The van der Waals surface area contributed by atoms with Crippen LogP contribution in [-0.4, -0.2) is 36.8 Å². The van der Waals surface area contributed by atoms with Gasteiger partial charge in [0, 0.05) is 17.3 Å². The average Bonchev–Trinajstić information content (AvgIpc) is 3.61. The van der Waals surface area contributed by atoms with Crippen LogP contribution in [0.3, 0.4) is 0 Å². The molecule has 214 valence electrons. The number of benzene rings is 3. The molecule has 0 saturated carbocycles. The Morgan fingerprint density at radius 1 is 0.952 bits per heavy atom. The van der Waals surface area contributed by atoms with Gasteiger partial charge in [0.25, 0.3) is 0 Å². The Kier molecular flexibility index (Phi) is 11.0. The molecule has 3 aromatic carbocycles. The first-order valence-corrected chi connectivity index (χ1v) is 11.9. The third-order valence-corrected chi connectivity index (χ3v) is 5.55. The van der Waals surface area contributed by atoms with Crippen molar-refractivity contribution in [2.45, 2.75) is 20.0 Å². The van der Waals surface area contributed by atoms with Crippen LogP contribution in [0.15, 0.2) is 85.3 Å². The van der Waals surface area contributed by atoms with E-state index >= 15 is 0 Å². The Hall–Kier alpha value is -4.02. The summed E-state index contributed by atoms with van der Waals surface area (Å²) in [4.78, 5) is 17.0. The summed E-state index contributed by atoms with van der Waals surface area (Å²) in [6, 6.07) is 25.4. The van der Waals surface area contributed by atoms with Crippen LogP contribution in [0.5, 0.6) is 0 Å². The van der Waals surface area contributed by atoms with Gasteiger partial charge in [0.2, 0.25) is 0 Å². The van der Waals surface area contributed by atoms with Crippen LogP contribution < -0.4 is 10.6 Å². The fourth-order valence-corrected chi connectivity index (χ4v) is 3.57. The van der Waals surface area contributed by atoms with Gasteiger partial charge < -0.3 is 14.1 Å². The molecule has 0 aliphatic heterocycles. The van der Waals surface area contributed by atoms with Crippen LogP contribution in [0, 0.1) is 57.5 Å². The molecule has 2 amide bonds. The van der Waals surface area contributed by atoms with Crippen molar-refractivity contribution in [2.75, 3.05) is 10.6 Å². The molecule has 0 aliphatic carbocycles. The number of carbonyl (C=O) groups is 1. The largest absolute Gasteiger partial charge is 2.00 e. The first kappa shape index (κ1) is 32.5. The quantitative estimate of drug-likeness (QED) is 0.146. The molecule has 2 aromatic heterocycles. The number of carbonyl (C=O) groups excluding carboxylic acids is 1. The van der Waals surface area contributed by atoms with Crippen molar-refractivity contribution < 1.29 is 57.9 Å². The van der Waals surface area contributed by atoms with E-state index in [-0.39, 0.29) is 37.1 Å². The van der Waals surface area contributed by atoms with Gasteiger partial charge in [-0.3, -0.25) is 5.32 Å². The summed E-state index contributed by atoms with van der Waals surface area (Å²) in [7, 11) is 0. The van der Waals surface area contributed by atoms with Crippen molar-refractivity contribution in [1.82, 2.24) is 24.5 Å². The van der Waals surface area contributed by atoms with Crippen molar-refractivity contribution in [3.63, 3.8) is 0 Å². The number of rotatable bonds is 5. The molecule has 14 heteroatoms. The Bertz CT molecular complexity index is 1600. The summed E-state index contributed by atoms with van der Waals surface area (Å²) < 4.78 is 55.3. The summed E-state index contributed by atoms with van der Waals surface area (Å²) in [6.45, 7) is 4.04. The van der Waals surface area contributed by atoms with E-state index in [9.17, 15) is 26.7 Å². The van der Waals surface area contributed by atoms with E-state index in [1.165, 1.54) is 0 Å². The molecule has 0 fully saturated rings. The Morgan fingerprint density at radius 3 is 2.26 bits per heavy atom.